The van der Waals surface area contributed by atoms with Crippen LogP contribution in [-0.4, -0.2) is 29.4 Å². The Bertz CT molecular complexity index is 377. The molecule has 1 heterocycles. The van der Waals surface area contributed by atoms with Gasteiger partial charge in [-0.05, 0) is 25.8 Å². The molecule has 1 aromatic rings. The van der Waals surface area contributed by atoms with Crippen molar-refractivity contribution in [3.05, 3.63) is 35.9 Å². The normalized spacial score (nSPS) is 25.8. The summed E-state index contributed by atoms with van der Waals surface area (Å²) in [6.45, 7) is 5.64. The van der Waals surface area contributed by atoms with Crippen molar-refractivity contribution in [2.45, 2.75) is 38.9 Å². The topological polar surface area (TPSA) is 32.3 Å². The van der Waals surface area contributed by atoms with E-state index in [1.807, 2.05) is 30.0 Å². The molecular weight excluding hydrogens is 212 g/mol. The molecule has 0 radical (unpaired) electrons. The minimum atomic E-state index is -0.0730. The molecule has 1 aromatic carbocycles. The number of hydrogen-bond acceptors (Lipinski definition) is 2. The van der Waals surface area contributed by atoms with Crippen molar-refractivity contribution < 1.29 is 4.79 Å². The van der Waals surface area contributed by atoms with Gasteiger partial charge in [0, 0.05) is 19.1 Å². The lowest BCUT2D eigenvalue weighted by molar-refractivity contribution is -0.132. The van der Waals surface area contributed by atoms with Gasteiger partial charge in [0.25, 0.3) is 0 Å². The van der Waals surface area contributed by atoms with E-state index in [9.17, 15) is 4.79 Å². The summed E-state index contributed by atoms with van der Waals surface area (Å²) in [5.74, 6) is 0.207. The molecule has 1 fully saturated rings. The summed E-state index contributed by atoms with van der Waals surface area (Å²) < 4.78 is 0. The van der Waals surface area contributed by atoms with Crippen molar-refractivity contribution in [1.82, 2.24) is 10.2 Å². The molecule has 1 N–H and O–H groups in total. The molecule has 1 saturated heterocycles. The van der Waals surface area contributed by atoms with Crippen molar-refractivity contribution in [1.29, 1.82) is 0 Å². The van der Waals surface area contributed by atoms with Gasteiger partial charge in [0.05, 0.1) is 6.04 Å². The van der Waals surface area contributed by atoms with Crippen molar-refractivity contribution in [3.63, 3.8) is 0 Å². The Morgan fingerprint density at radius 1 is 1.29 bits per heavy atom. The molecule has 0 aliphatic carbocycles. The maximum atomic E-state index is 12.2. The second-order valence-electron chi connectivity index (χ2n) is 4.82. The van der Waals surface area contributed by atoms with Crippen LogP contribution in [-0.2, 0) is 11.3 Å². The molecule has 3 nitrogen and oxygen atoms in total. The van der Waals surface area contributed by atoms with E-state index in [1.54, 1.807) is 0 Å². The van der Waals surface area contributed by atoms with Crippen LogP contribution in [0.2, 0.25) is 0 Å². The highest BCUT2D eigenvalue weighted by molar-refractivity contribution is 5.81. The zero-order valence-electron chi connectivity index (χ0n) is 10.5. The Balaban J connectivity index is 2.07. The van der Waals surface area contributed by atoms with Gasteiger partial charge in [-0.2, -0.15) is 0 Å². The minimum absolute atomic E-state index is 0.0730. The fraction of sp³-hybridized carbons (Fsp3) is 0.500. The molecular formula is C14H20N2O. The largest absolute Gasteiger partial charge is 0.337 e. The lowest BCUT2D eigenvalue weighted by Gasteiger charge is -2.22. The first-order valence-corrected chi connectivity index (χ1v) is 6.25. The Morgan fingerprint density at radius 3 is 2.71 bits per heavy atom. The molecule has 0 saturated carbocycles. The first-order chi connectivity index (χ1) is 8.16. The molecule has 1 amide bonds. The average molecular weight is 232 g/mol. The van der Waals surface area contributed by atoms with Crippen LogP contribution >= 0.6 is 0 Å². The zero-order chi connectivity index (χ0) is 12.3. The number of amides is 1. The summed E-state index contributed by atoms with van der Waals surface area (Å²) in [6, 6.07) is 10.5. The summed E-state index contributed by atoms with van der Waals surface area (Å²) in [6.07, 6.45) is 1.02. The number of carbonyl (C=O) groups excluding carboxylic acids is 1. The third-order valence-electron chi connectivity index (χ3n) is 3.26. The first-order valence-electron chi connectivity index (χ1n) is 6.25. The van der Waals surface area contributed by atoms with Crippen LogP contribution in [0.1, 0.15) is 25.8 Å². The number of benzene rings is 1. The highest BCUT2D eigenvalue weighted by Crippen LogP contribution is 2.11. The number of rotatable bonds is 2. The third kappa shape index (κ3) is 3.07. The summed E-state index contributed by atoms with van der Waals surface area (Å²) >= 11 is 0. The van der Waals surface area contributed by atoms with Crippen LogP contribution in [0, 0.1) is 0 Å². The van der Waals surface area contributed by atoms with E-state index in [0.29, 0.717) is 6.04 Å². The summed E-state index contributed by atoms with van der Waals surface area (Å²) in [4.78, 5) is 14.1. The molecule has 17 heavy (non-hydrogen) atoms. The summed E-state index contributed by atoms with van der Waals surface area (Å²) in [7, 11) is 0. The monoisotopic (exact) mass is 232 g/mol. The van der Waals surface area contributed by atoms with Gasteiger partial charge >= 0.3 is 0 Å². The van der Waals surface area contributed by atoms with Crippen molar-refractivity contribution in [2.75, 3.05) is 6.54 Å². The standard InChI is InChI=1S/C14H20N2O/c1-11-8-9-16(14(17)12(2)15-11)10-13-6-4-3-5-7-13/h3-7,11-12,15H,8-10H2,1-2H3. The van der Waals surface area contributed by atoms with Crippen LogP contribution in [0.3, 0.4) is 0 Å². The van der Waals surface area contributed by atoms with Gasteiger partial charge in [0.15, 0.2) is 0 Å². The molecule has 0 bridgehead atoms. The number of carbonyl (C=O) groups is 1. The fourth-order valence-corrected chi connectivity index (χ4v) is 2.28. The highest BCUT2D eigenvalue weighted by Gasteiger charge is 2.25. The number of nitrogens with zero attached hydrogens (tertiary/aromatic N) is 1. The smallest absolute Gasteiger partial charge is 0.239 e. The Morgan fingerprint density at radius 2 is 2.00 bits per heavy atom. The zero-order valence-corrected chi connectivity index (χ0v) is 10.5. The first kappa shape index (κ1) is 12.1. The average Bonchev–Trinajstić information content (AvgIpc) is 2.44. The predicted molar refractivity (Wildman–Crippen MR) is 68.5 cm³/mol. The van der Waals surface area contributed by atoms with Gasteiger partial charge in [0.1, 0.15) is 0 Å². The van der Waals surface area contributed by atoms with Crippen molar-refractivity contribution >= 4 is 5.91 Å². The predicted octanol–water partition coefficient (Wildman–Crippen LogP) is 1.79. The van der Waals surface area contributed by atoms with Gasteiger partial charge in [-0.15, -0.1) is 0 Å². The molecule has 1 aliphatic heterocycles. The lowest BCUT2D eigenvalue weighted by Crippen LogP contribution is -2.42. The van der Waals surface area contributed by atoms with E-state index in [-0.39, 0.29) is 11.9 Å². The maximum absolute atomic E-state index is 12.2. The van der Waals surface area contributed by atoms with Gasteiger partial charge in [-0.25, -0.2) is 0 Å². The maximum Gasteiger partial charge on any atom is 0.239 e. The Hall–Kier alpha value is -1.35. The molecule has 1 aliphatic rings. The van der Waals surface area contributed by atoms with Gasteiger partial charge < -0.3 is 10.2 Å². The van der Waals surface area contributed by atoms with Crippen LogP contribution < -0.4 is 5.32 Å². The molecule has 0 aromatic heterocycles. The van der Waals surface area contributed by atoms with Crippen molar-refractivity contribution in [3.8, 4) is 0 Å². The summed E-state index contributed by atoms with van der Waals surface area (Å²) in [5.41, 5.74) is 1.20. The molecule has 2 unspecified atom stereocenters. The lowest BCUT2D eigenvalue weighted by atomic mass is 10.2. The molecule has 3 heteroatoms. The van der Waals surface area contributed by atoms with E-state index >= 15 is 0 Å². The second-order valence-corrected chi connectivity index (χ2v) is 4.82. The van der Waals surface area contributed by atoms with Crippen LogP contribution in [0.15, 0.2) is 30.3 Å². The van der Waals surface area contributed by atoms with Crippen LogP contribution in [0.25, 0.3) is 0 Å². The van der Waals surface area contributed by atoms with Gasteiger partial charge in [-0.3, -0.25) is 4.79 Å². The Kier molecular flexibility index (Phi) is 3.79. The quantitative estimate of drug-likeness (QED) is 0.843. The summed E-state index contributed by atoms with van der Waals surface area (Å²) in [5, 5.41) is 3.32. The SMILES string of the molecule is CC1CCN(Cc2ccccc2)C(=O)C(C)N1. The Labute approximate surface area is 103 Å². The minimum Gasteiger partial charge on any atom is -0.337 e. The van der Waals surface area contributed by atoms with E-state index in [2.05, 4.69) is 24.4 Å². The molecule has 2 rings (SSSR count). The highest BCUT2D eigenvalue weighted by atomic mass is 16.2. The number of nitrogens with one attached hydrogen (secondary N) is 1. The van der Waals surface area contributed by atoms with Crippen molar-refractivity contribution in [2.24, 2.45) is 0 Å². The van der Waals surface area contributed by atoms with Crippen LogP contribution in [0.4, 0.5) is 0 Å². The van der Waals surface area contributed by atoms with E-state index < -0.39 is 0 Å². The third-order valence-corrected chi connectivity index (χ3v) is 3.26. The fourth-order valence-electron chi connectivity index (χ4n) is 2.28. The van der Waals surface area contributed by atoms with E-state index in [4.69, 9.17) is 0 Å². The van der Waals surface area contributed by atoms with E-state index in [1.165, 1.54) is 5.56 Å². The van der Waals surface area contributed by atoms with Gasteiger partial charge in [0.2, 0.25) is 5.91 Å². The molecule has 92 valence electrons. The van der Waals surface area contributed by atoms with Crippen LogP contribution in [0.5, 0.6) is 0 Å². The number of hydrogen-bond donors (Lipinski definition) is 1. The van der Waals surface area contributed by atoms with E-state index in [0.717, 1.165) is 19.5 Å². The second kappa shape index (κ2) is 5.32. The molecule has 0 spiro atoms. The van der Waals surface area contributed by atoms with Gasteiger partial charge in [-0.1, -0.05) is 30.3 Å². The molecule has 2 atom stereocenters.